The van der Waals surface area contributed by atoms with E-state index in [0.717, 1.165) is 24.1 Å². The number of aryl methyl sites for hydroxylation is 1. The number of hydrogen-bond acceptors (Lipinski definition) is 6. The summed E-state index contributed by atoms with van der Waals surface area (Å²) in [6, 6.07) is 6.78. The molecule has 1 fully saturated rings. The summed E-state index contributed by atoms with van der Waals surface area (Å²) in [4.78, 5) is 1.04. The van der Waals surface area contributed by atoms with Crippen molar-refractivity contribution in [2.45, 2.75) is 34.6 Å². The zero-order valence-corrected chi connectivity index (χ0v) is 17.7. The molecule has 144 valence electrons. The van der Waals surface area contributed by atoms with Crippen molar-refractivity contribution in [3.05, 3.63) is 34.5 Å². The normalized spacial score (nSPS) is 19.7. The second kappa shape index (κ2) is 8.07. The number of sulfonamides is 2. The first-order valence-corrected chi connectivity index (χ1v) is 13.1. The van der Waals surface area contributed by atoms with Crippen LogP contribution in [0.3, 0.4) is 0 Å². The van der Waals surface area contributed by atoms with Crippen LogP contribution >= 0.6 is 22.7 Å². The summed E-state index contributed by atoms with van der Waals surface area (Å²) < 4.78 is 54.9. The predicted octanol–water partition coefficient (Wildman–Crippen LogP) is 2.75. The van der Waals surface area contributed by atoms with Crippen LogP contribution in [-0.2, 0) is 26.5 Å². The highest BCUT2D eigenvalue weighted by molar-refractivity contribution is 7.91. The molecule has 3 rings (SSSR count). The summed E-state index contributed by atoms with van der Waals surface area (Å²) in [6.45, 7) is 3.07. The van der Waals surface area contributed by atoms with Gasteiger partial charge in [0.05, 0.1) is 0 Å². The summed E-state index contributed by atoms with van der Waals surface area (Å²) in [7, 11) is -7.02. The Morgan fingerprint density at radius 1 is 1.19 bits per heavy atom. The Bertz CT molecular complexity index is 933. The van der Waals surface area contributed by atoms with E-state index in [-0.39, 0.29) is 16.7 Å². The number of thiophene rings is 2. The molecule has 1 aliphatic rings. The summed E-state index contributed by atoms with van der Waals surface area (Å²) in [5.74, 6) is -0.0288. The molecule has 0 unspecified atom stereocenters. The Hall–Kier alpha value is -0.780. The van der Waals surface area contributed by atoms with E-state index in [4.69, 9.17) is 0 Å². The maximum Gasteiger partial charge on any atom is 0.252 e. The van der Waals surface area contributed by atoms with Crippen molar-refractivity contribution >= 4 is 42.7 Å². The molecule has 6 nitrogen and oxygen atoms in total. The van der Waals surface area contributed by atoms with E-state index in [0.29, 0.717) is 17.3 Å². The minimum absolute atomic E-state index is 0.0288. The first kappa shape index (κ1) is 20.0. The molecule has 0 aliphatic carbocycles. The van der Waals surface area contributed by atoms with E-state index in [2.05, 4.69) is 4.72 Å². The largest absolute Gasteiger partial charge is 0.252 e. The van der Waals surface area contributed by atoms with Crippen LogP contribution in [0.1, 0.15) is 24.6 Å². The Labute approximate surface area is 163 Å². The lowest BCUT2D eigenvalue weighted by Gasteiger charge is -2.31. The summed E-state index contributed by atoms with van der Waals surface area (Å²) in [6.07, 6.45) is 2.35. The van der Waals surface area contributed by atoms with Crippen molar-refractivity contribution < 1.29 is 16.8 Å². The van der Waals surface area contributed by atoms with E-state index in [1.54, 1.807) is 23.6 Å². The van der Waals surface area contributed by atoms with Crippen LogP contribution in [0.25, 0.3) is 0 Å². The topological polar surface area (TPSA) is 83.6 Å². The molecule has 26 heavy (non-hydrogen) atoms. The molecule has 0 amide bonds. The van der Waals surface area contributed by atoms with E-state index in [9.17, 15) is 16.8 Å². The van der Waals surface area contributed by atoms with Gasteiger partial charge in [-0.1, -0.05) is 13.0 Å². The van der Waals surface area contributed by atoms with Crippen LogP contribution in [-0.4, -0.2) is 40.8 Å². The van der Waals surface area contributed by atoms with Crippen molar-refractivity contribution in [2.75, 3.05) is 19.6 Å². The van der Waals surface area contributed by atoms with Crippen molar-refractivity contribution in [3.8, 4) is 0 Å². The second-order valence-corrected chi connectivity index (χ2v) is 12.5. The number of hydrogen-bond donors (Lipinski definition) is 1. The highest BCUT2D eigenvalue weighted by Crippen LogP contribution is 2.28. The quantitative estimate of drug-likeness (QED) is 0.726. The third-order valence-electron chi connectivity index (χ3n) is 4.38. The van der Waals surface area contributed by atoms with Crippen molar-refractivity contribution in [3.63, 3.8) is 0 Å². The molecule has 10 heteroatoms. The summed E-state index contributed by atoms with van der Waals surface area (Å²) in [5.41, 5.74) is 0. The highest BCUT2D eigenvalue weighted by Gasteiger charge is 2.31. The van der Waals surface area contributed by atoms with Gasteiger partial charge in [0.1, 0.15) is 8.42 Å². The third kappa shape index (κ3) is 4.37. The highest BCUT2D eigenvalue weighted by atomic mass is 32.3. The SMILES string of the molecule is CCc1ccc(S(=O)(=O)N2CCC[C@@H](CNS(=O)(=O)c3cccs3)C2)s1. The first-order valence-electron chi connectivity index (χ1n) is 8.45. The third-order valence-corrected chi connectivity index (χ3v) is 10.8. The fourth-order valence-corrected chi connectivity index (χ4v) is 8.10. The average molecular weight is 435 g/mol. The monoisotopic (exact) mass is 434 g/mol. The fourth-order valence-electron chi connectivity index (χ4n) is 2.94. The molecular weight excluding hydrogens is 412 g/mol. The Balaban J connectivity index is 1.65. The minimum atomic E-state index is -3.52. The minimum Gasteiger partial charge on any atom is -0.210 e. The van der Waals surface area contributed by atoms with Crippen LogP contribution in [0.15, 0.2) is 38.1 Å². The number of rotatable bonds is 7. The van der Waals surface area contributed by atoms with Crippen LogP contribution in [0.4, 0.5) is 0 Å². The van der Waals surface area contributed by atoms with Gasteiger partial charge in [-0.25, -0.2) is 21.6 Å². The molecular formula is C16H22N2O4S4. The lowest BCUT2D eigenvalue weighted by molar-refractivity contribution is 0.267. The molecule has 1 atom stereocenters. The van der Waals surface area contributed by atoms with Gasteiger partial charge in [0, 0.05) is 24.5 Å². The molecule has 3 heterocycles. The summed E-state index contributed by atoms with van der Waals surface area (Å²) >= 11 is 2.48. The van der Waals surface area contributed by atoms with Crippen molar-refractivity contribution in [1.29, 1.82) is 0 Å². The maximum atomic E-state index is 12.8. The van der Waals surface area contributed by atoms with Crippen molar-refractivity contribution in [1.82, 2.24) is 9.03 Å². The number of piperidine rings is 1. The fraction of sp³-hybridized carbons (Fsp3) is 0.500. The lowest BCUT2D eigenvalue weighted by atomic mass is 10.0. The molecule has 1 saturated heterocycles. The second-order valence-electron chi connectivity index (χ2n) is 6.23. The Morgan fingerprint density at radius 2 is 2.00 bits per heavy atom. The predicted molar refractivity (Wildman–Crippen MR) is 105 cm³/mol. The molecule has 0 saturated carbocycles. The van der Waals surface area contributed by atoms with E-state index in [1.165, 1.54) is 27.0 Å². The molecule has 1 N–H and O–H groups in total. The lowest BCUT2D eigenvalue weighted by Crippen LogP contribution is -2.43. The molecule has 0 radical (unpaired) electrons. The van der Waals surface area contributed by atoms with Gasteiger partial charge in [-0.2, -0.15) is 4.31 Å². The van der Waals surface area contributed by atoms with Gasteiger partial charge < -0.3 is 0 Å². The first-order chi connectivity index (χ1) is 12.3. The van der Waals surface area contributed by atoms with Gasteiger partial charge in [0.2, 0.25) is 10.0 Å². The molecule has 2 aromatic heterocycles. The molecule has 0 spiro atoms. The molecule has 0 bridgehead atoms. The smallest absolute Gasteiger partial charge is 0.210 e. The van der Waals surface area contributed by atoms with Crippen LogP contribution in [0.5, 0.6) is 0 Å². The average Bonchev–Trinajstić information content (AvgIpc) is 3.32. The number of nitrogens with one attached hydrogen (secondary N) is 1. The van der Waals surface area contributed by atoms with E-state index >= 15 is 0 Å². The van der Waals surface area contributed by atoms with Gasteiger partial charge in [-0.05, 0) is 48.8 Å². The molecule has 0 aromatic carbocycles. The van der Waals surface area contributed by atoms with Gasteiger partial charge >= 0.3 is 0 Å². The Morgan fingerprint density at radius 3 is 2.65 bits per heavy atom. The van der Waals surface area contributed by atoms with Gasteiger partial charge in [-0.3, -0.25) is 0 Å². The van der Waals surface area contributed by atoms with Gasteiger partial charge in [0.15, 0.2) is 0 Å². The summed E-state index contributed by atoms with van der Waals surface area (Å²) in [5, 5.41) is 1.72. The number of nitrogens with zero attached hydrogens (tertiary/aromatic N) is 1. The Kier molecular flexibility index (Phi) is 6.20. The molecule has 1 aliphatic heterocycles. The van der Waals surface area contributed by atoms with Gasteiger partial charge in [0.25, 0.3) is 10.0 Å². The zero-order valence-electron chi connectivity index (χ0n) is 14.4. The zero-order chi connectivity index (χ0) is 18.8. The van der Waals surface area contributed by atoms with Gasteiger partial charge in [-0.15, -0.1) is 22.7 Å². The maximum absolute atomic E-state index is 12.8. The van der Waals surface area contributed by atoms with E-state index < -0.39 is 20.0 Å². The molecule has 2 aromatic rings. The van der Waals surface area contributed by atoms with Crippen LogP contribution in [0.2, 0.25) is 0 Å². The van der Waals surface area contributed by atoms with Crippen LogP contribution in [0, 0.1) is 5.92 Å². The van der Waals surface area contributed by atoms with Crippen molar-refractivity contribution in [2.24, 2.45) is 5.92 Å². The standard InChI is InChI=1S/C16H22N2O4S4/c1-2-14-7-8-16(24-14)26(21,22)18-9-3-5-13(12-18)11-17-25(19,20)15-6-4-10-23-15/h4,6-8,10,13,17H,2-3,5,9,11-12H2,1H3/t13-/m0/s1. The van der Waals surface area contributed by atoms with E-state index in [1.807, 2.05) is 13.0 Å². The van der Waals surface area contributed by atoms with Crippen LogP contribution < -0.4 is 4.72 Å².